The summed E-state index contributed by atoms with van der Waals surface area (Å²) < 4.78 is 5.27. The Morgan fingerprint density at radius 2 is 1.95 bits per heavy atom. The van der Waals surface area contributed by atoms with Gasteiger partial charge < -0.3 is 4.74 Å². The molecular formula is C16H20O3. The number of carbonyl (C=O) groups excluding carboxylic acids is 2. The number of benzene rings is 1. The summed E-state index contributed by atoms with van der Waals surface area (Å²) in [5.74, 6) is -0.282. The number of hydrogen-bond acceptors (Lipinski definition) is 3. The molecule has 0 N–H and O–H groups in total. The summed E-state index contributed by atoms with van der Waals surface area (Å²) >= 11 is 0. The van der Waals surface area contributed by atoms with E-state index in [1.165, 1.54) is 12.5 Å². The molecule has 3 heteroatoms. The lowest BCUT2D eigenvalue weighted by molar-refractivity contribution is -0.146. The molecule has 1 unspecified atom stereocenters. The fourth-order valence-electron chi connectivity index (χ4n) is 1.80. The third-order valence-electron chi connectivity index (χ3n) is 2.82. The number of ether oxygens (including phenoxy) is 1. The Labute approximate surface area is 114 Å². The minimum absolute atomic E-state index is 0.174. The molecule has 0 aliphatic heterocycles. The lowest BCUT2D eigenvalue weighted by Crippen LogP contribution is -2.16. The molecule has 0 aromatic heterocycles. The number of aldehydes is 1. The fourth-order valence-corrected chi connectivity index (χ4v) is 1.80. The Morgan fingerprint density at radius 1 is 1.26 bits per heavy atom. The van der Waals surface area contributed by atoms with Gasteiger partial charge in [0.25, 0.3) is 0 Å². The predicted molar refractivity (Wildman–Crippen MR) is 74.8 cm³/mol. The molecule has 0 fully saturated rings. The van der Waals surface area contributed by atoms with Crippen LogP contribution in [-0.2, 0) is 20.7 Å². The van der Waals surface area contributed by atoms with E-state index in [-0.39, 0.29) is 12.1 Å². The normalized spacial score (nSPS) is 12.8. The molecule has 1 atom stereocenters. The second-order valence-electron chi connectivity index (χ2n) is 4.56. The van der Waals surface area contributed by atoms with Gasteiger partial charge in [0, 0.05) is 13.3 Å². The van der Waals surface area contributed by atoms with Crippen molar-refractivity contribution in [2.45, 2.75) is 39.2 Å². The van der Waals surface area contributed by atoms with Crippen LogP contribution in [0.15, 0.2) is 42.0 Å². The summed E-state index contributed by atoms with van der Waals surface area (Å²) in [6, 6.07) is 10.1. The molecule has 0 aliphatic carbocycles. The van der Waals surface area contributed by atoms with E-state index >= 15 is 0 Å². The molecule has 0 amide bonds. The van der Waals surface area contributed by atoms with E-state index in [9.17, 15) is 9.59 Å². The molecule has 3 nitrogen and oxygen atoms in total. The van der Waals surface area contributed by atoms with Crippen molar-refractivity contribution < 1.29 is 14.3 Å². The molecule has 19 heavy (non-hydrogen) atoms. The number of hydrogen-bond donors (Lipinski definition) is 0. The van der Waals surface area contributed by atoms with E-state index in [0.717, 1.165) is 19.1 Å². The Bertz CT molecular complexity index is 435. The van der Waals surface area contributed by atoms with Crippen molar-refractivity contribution in [2.75, 3.05) is 0 Å². The van der Waals surface area contributed by atoms with Gasteiger partial charge in [-0.05, 0) is 30.9 Å². The van der Waals surface area contributed by atoms with Gasteiger partial charge in [-0.2, -0.15) is 0 Å². The predicted octanol–water partition coefficient (Wildman–Crippen LogP) is 3.09. The highest BCUT2D eigenvalue weighted by Crippen LogP contribution is 2.12. The van der Waals surface area contributed by atoms with Crippen LogP contribution in [0.25, 0.3) is 0 Å². The first-order valence-corrected chi connectivity index (χ1v) is 6.45. The second kappa shape index (κ2) is 8.25. The van der Waals surface area contributed by atoms with Crippen LogP contribution < -0.4 is 0 Å². The molecule has 102 valence electrons. The zero-order valence-corrected chi connectivity index (χ0v) is 11.5. The van der Waals surface area contributed by atoms with E-state index in [4.69, 9.17) is 4.74 Å². The molecule has 1 aromatic carbocycles. The van der Waals surface area contributed by atoms with Gasteiger partial charge >= 0.3 is 5.97 Å². The van der Waals surface area contributed by atoms with E-state index in [2.05, 4.69) is 12.1 Å². The minimum atomic E-state index is -0.282. The van der Waals surface area contributed by atoms with Crippen LogP contribution in [0.3, 0.4) is 0 Å². The maximum absolute atomic E-state index is 11.1. The topological polar surface area (TPSA) is 43.4 Å². The van der Waals surface area contributed by atoms with E-state index < -0.39 is 0 Å². The molecule has 0 heterocycles. The Balaban J connectivity index is 2.54. The van der Waals surface area contributed by atoms with E-state index in [1.54, 1.807) is 6.92 Å². The Kier molecular flexibility index (Phi) is 6.58. The molecule has 1 rings (SSSR count). The van der Waals surface area contributed by atoms with Crippen molar-refractivity contribution in [1.29, 1.82) is 0 Å². The van der Waals surface area contributed by atoms with Crippen LogP contribution >= 0.6 is 0 Å². The molecule has 1 aromatic rings. The summed E-state index contributed by atoms with van der Waals surface area (Å²) in [4.78, 5) is 21.6. The summed E-state index contributed by atoms with van der Waals surface area (Å²) in [6.07, 6.45) is 4.64. The van der Waals surface area contributed by atoms with Crippen molar-refractivity contribution in [1.82, 2.24) is 0 Å². The van der Waals surface area contributed by atoms with Crippen molar-refractivity contribution in [3.8, 4) is 0 Å². The van der Waals surface area contributed by atoms with Crippen molar-refractivity contribution in [3.05, 3.63) is 47.5 Å². The molecule has 0 saturated heterocycles. The monoisotopic (exact) mass is 260 g/mol. The van der Waals surface area contributed by atoms with E-state index in [0.29, 0.717) is 12.0 Å². The standard InChI is InChI=1S/C16H20O3/c1-13(12-17)8-10-16(19-14(2)18)11-9-15-6-4-3-5-7-15/h3-8,12,16H,9-11H2,1-2H3/b13-8+. The average molecular weight is 260 g/mol. The highest BCUT2D eigenvalue weighted by Gasteiger charge is 2.11. The molecule has 0 aliphatic rings. The lowest BCUT2D eigenvalue weighted by Gasteiger charge is -2.15. The smallest absolute Gasteiger partial charge is 0.302 e. The van der Waals surface area contributed by atoms with Crippen molar-refractivity contribution >= 4 is 12.3 Å². The van der Waals surface area contributed by atoms with Crippen LogP contribution in [0.2, 0.25) is 0 Å². The first kappa shape index (κ1) is 15.2. The van der Waals surface area contributed by atoms with Gasteiger partial charge in [0.15, 0.2) is 0 Å². The van der Waals surface area contributed by atoms with Crippen LogP contribution in [-0.4, -0.2) is 18.4 Å². The van der Waals surface area contributed by atoms with E-state index in [1.807, 2.05) is 24.3 Å². The van der Waals surface area contributed by atoms with Crippen LogP contribution in [0, 0.1) is 0 Å². The molecule has 0 saturated carbocycles. The molecule has 0 radical (unpaired) electrons. The van der Waals surface area contributed by atoms with Gasteiger partial charge in [0.2, 0.25) is 0 Å². The SMILES string of the molecule is CC(=O)OC(C/C=C(\C)C=O)CCc1ccccc1. The Morgan fingerprint density at radius 3 is 2.53 bits per heavy atom. The van der Waals surface area contributed by atoms with Gasteiger partial charge in [-0.25, -0.2) is 0 Å². The molecular weight excluding hydrogens is 240 g/mol. The van der Waals surface area contributed by atoms with Gasteiger partial charge in [0.1, 0.15) is 12.4 Å². The number of allylic oxidation sites excluding steroid dienone is 1. The molecule has 0 bridgehead atoms. The van der Waals surface area contributed by atoms with Crippen LogP contribution in [0.4, 0.5) is 0 Å². The Hall–Kier alpha value is -1.90. The minimum Gasteiger partial charge on any atom is -0.462 e. The largest absolute Gasteiger partial charge is 0.462 e. The highest BCUT2D eigenvalue weighted by molar-refractivity contribution is 5.72. The maximum Gasteiger partial charge on any atom is 0.302 e. The zero-order valence-electron chi connectivity index (χ0n) is 11.5. The quantitative estimate of drug-likeness (QED) is 0.430. The first-order chi connectivity index (χ1) is 9.11. The van der Waals surface area contributed by atoms with Crippen LogP contribution in [0.5, 0.6) is 0 Å². The average Bonchev–Trinajstić information content (AvgIpc) is 2.42. The first-order valence-electron chi connectivity index (χ1n) is 6.45. The van der Waals surface area contributed by atoms with Gasteiger partial charge in [0.05, 0.1) is 0 Å². The number of esters is 1. The molecule has 0 spiro atoms. The van der Waals surface area contributed by atoms with Crippen molar-refractivity contribution in [2.24, 2.45) is 0 Å². The maximum atomic E-state index is 11.1. The van der Waals surface area contributed by atoms with Crippen molar-refractivity contribution in [3.63, 3.8) is 0 Å². The summed E-state index contributed by atoms with van der Waals surface area (Å²) in [5, 5.41) is 0. The summed E-state index contributed by atoms with van der Waals surface area (Å²) in [7, 11) is 0. The summed E-state index contributed by atoms with van der Waals surface area (Å²) in [5.41, 5.74) is 1.88. The zero-order chi connectivity index (χ0) is 14.1. The van der Waals surface area contributed by atoms with Crippen LogP contribution in [0.1, 0.15) is 32.3 Å². The van der Waals surface area contributed by atoms with Gasteiger partial charge in [-0.15, -0.1) is 0 Å². The third kappa shape index (κ3) is 6.55. The van der Waals surface area contributed by atoms with Gasteiger partial charge in [-0.3, -0.25) is 9.59 Å². The number of rotatable bonds is 7. The third-order valence-corrected chi connectivity index (χ3v) is 2.82. The second-order valence-corrected chi connectivity index (χ2v) is 4.56. The number of carbonyl (C=O) groups is 2. The fraction of sp³-hybridized carbons (Fsp3) is 0.375. The number of aryl methyl sites for hydroxylation is 1. The lowest BCUT2D eigenvalue weighted by atomic mass is 10.0. The summed E-state index contributed by atoms with van der Waals surface area (Å²) in [6.45, 7) is 3.15. The van der Waals surface area contributed by atoms with Gasteiger partial charge in [-0.1, -0.05) is 36.4 Å². The highest BCUT2D eigenvalue weighted by atomic mass is 16.5.